The minimum absolute atomic E-state index is 1.38. The van der Waals surface area contributed by atoms with E-state index in [0.717, 1.165) is 0 Å². The molecular formula is C9H10N4O2. The normalized spacial score (nSPS) is 8.00. The standard InChI is InChI=1S/C4H5N.C3H3NO.C2H2N2O/c1-2-4-5-3-1;1-2-5-3-4-1;1-2-5-4-3-1/h1-5H;1-3H;1-2H. The fourth-order valence-electron chi connectivity index (χ4n) is 0.590. The molecule has 0 bridgehead atoms. The van der Waals surface area contributed by atoms with Gasteiger partial charge in [0.2, 0.25) is 0 Å². The van der Waals surface area contributed by atoms with Crippen LogP contribution in [0.1, 0.15) is 0 Å². The second kappa shape index (κ2) is 8.24. The summed E-state index contributed by atoms with van der Waals surface area (Å²) < 4.78 is 8.69. The van der Waals surface area contributed by atoms with Crippen LogP contribution in [0, 0.1) is 0 Å². The van der Waals surface area contributed by atoms with E-state index in [9.17, 15) is 0 Å². The molecular weight excluding hydrogens is 196 g/mol. The quantitative estimate of drug-likeness (QED) is 0.606. The van der Waals surface area contributed by atoms with Crippen molar-refractivity contribution in [1.29, 1.82) is 0 Å². The Morgan fingerprint density at radius 2 is 1.87 bits per heavy atom. The average molecular weight is 206 g/mol. The number of H-pyrrole nitrogens is 1. The van der Waals surface area contributed by atoms with Crippen LogP contribution in [-0.4, -0.2) is 20.3 Å². The third-order valence-corrected chi connectivity index (χ3v) is 1.13. The number of hydrogen-bond acceptors (Lipinski definition) is 5. The second-order valence-corrected chi connectivity index (χ2v) is 2.15. The van der Waals surface area contributed by atoms with E-state index in [0.29, 0.717) is 0 Å². The molecule has 3 heterocycles. The van der Waals surface area contributed by atoms with Crippen molar-refractivity contribution >= 4 is 0 Å². The van der Waals surface area contributed by atoms with Crippen LogP contribution in [0.5, 0.6) is 0 Å². The molecule has 0 spiro atoms. The van der Waals surface area contributed by atoms with Crippen LogP contribution in [0.2, 0.25) is 0 Å². The highest BCUT2D eigenvalue weighted by atomic mass is 16.5. The van der Waals surface area contributed by atoms with Crippen LogP contribution in [0.3, 0.4) is 0 Å². The molecule has 15 heavy (non-hydrogen) atoms. The number of rotatable bonds is 0. The van der Waals surface area contributed by atoms with E-state index in [1.54, 1.807) is 6.20 Å². The van der Waals surface area contributed by atoms with E-state index in [1.165, 1.54) is 25.1 Å². The minimum atomic E-state index is 1.38. The Morgan fingerprint density at radius 1 is 1.00 bits per heavy atom. The lowest BCUT2D eigenvalue weighted by molar-refractivity contribution is 0.393. The van der Waals surface area contributed by atoms with Crippen molar-refractivity contribution in [1.82, 2.24) is 20.3 Å². The van der Waals surface area contributed by atoms with Crippen molar-refractivity contribution in [2.24, 2.45) is 0 Å². The maximum Gasteiger partial charge on any atom is 0.180 e. The molecule has 0 aliphatic carbocycles. The van der Waals surface area contributed by atoms with E-state index in [2.05, 4.69) is 29.3 Å². The summed E-state index contributed by atoms with van der Waals surface area (Å²) in [5.41, 5.74) is 0. The molecule has 3 rings (SSSR count). The van der Waals surface area contributed by atoms with E-state index in [4.69, 9.17) is 0 Å². The molecule has 0 radical (unpaired) electrons. The number of aromatic nitrogens is 4. The Labute approximate surface area is 85.9 Å². The van der Waals surface area contributed by atoms with Gasteiger partial charge in [0, 0.05) is 17.7 Å². The van der Waals surface area contributed by atoms with Crippen LogP contribution < -0.4 is 0 Å². The Kier molecular flexibility index (Phi) is 5.88. The smallest absolute Gasteiger partial charge is 0.180 e. The lowest BCUT2D eigenvalue weighted by Gasteiger charge is -1.49. The van der Waals surface area contributed by atoms with Gasteiger partial charge in [-0.2, -0.15) is 0 Å². The predicted molar refractivity (Wildman–Crippen MR) is 51.6 cm³/mol. The lowest BCUT2D eigenvalue weighted by Crippen LogP contribution is -1.53. The van der Waals surface area contributed by atoms with Crippen LogP contribution in [-0.2, 0) is 0 Å². The highest BCUT2D eigenvalue weighted by Gasteiger charge is 1.61. The summed E-state index contributed by atoms with van der Waals surface area (Å²) in [6.07, 6.45) is 11.1. The summed E-state index contributed by atoms with van der Waals surface area (Å²) in [5, 5.41) is 6.40. The number of nitrogens with one attached hydrogen (secondary N) is 1. The zero-order chi connectivity index (χ0) is 10.6. The van der Waals surface area contributed by atoms with E-state index in [-0.39, 0.29) is 0 Å². The number of hydrogen-bond donors (Lipinski definition) is 1. The van der Waals surface area contributed by atoms with Crippen molar-refractivity contribution in [3.8, 4) is 0 Å². The van der Waals surface area contributed by atoms with E-state index in [1.807, 2.05) is 24.5 Å². The van der Waals surface area contributed by atoms with Crippen molar-refractivity contribution in [3.05, 3.63) is 55.8 Å². The van der Waals surface area contributed by atoms with Gasteiger partial charge >= 0.3 is 0 Å². The summed E-state index contributed by atoms with van der Waals surface area (Å²) in [6, 6.07) is 3.89. The Hall–Kier alpha value is -2.37. The molecule has 0 aromatic carbocycles. The van der Waals surface area contributed by atoms with Gasteiger partial charge < -0.3 is 13.9 Å². The first kappa shape index (κ1) is 10.7. The number of oxazole rings is 1. The molecule has 0 unspecified atom stereocenters. The fourth-order valence-corrected chi connectivity index (χ4v) is 0.590. The molecule has 78 valence electrons. The Morgan fingerprint density at radius 3 is 2.07 bits per heavy atom. The Balaban J connectivity index is 0.000000112. The molecule has 0 aliphatic rings. The molecule has 0 amide bonds. The third kappa shape index (κ3) is 6.76. The van der Waals surface area contributed by atoms with Gasteiger partial charge in [0.15, 0.2) is 6.39 Å². The molecule has 0 aliphatic heterocycles. The molecule has 0 fully saturated rings. The Bertz CT molecular complexity index is 252. The first-order valence-electron chi connectivity index (χ1n) is 4.11. The summed E-state index contributed by atoms with van der Waals surface area (Å²) in [6.45, 7) is 0. The molecule has 1 N–H and O–H groups in total. The van der Waals surface area contributed by atoms with Gasteiger partial charge in [-0.05, 0) is 12.1 Å². The lowest BCUT2D eigenvalue weighted by atomic mass is 10.7. The van der Waals surface area contributed by atoms with Crippen molar-refractivity contribution in [3.63, 3.8) is 0 Å². The highest BCUT2D eigenvalue weighted by Crippen LogP contribution is 1.72. The van der Waals surface area contributed by atoms with Crippen molar-refractivity contribution in [2.75, 3.05) is 0 Å². The number of nitrogens with zero attached hydrogens (tertiary/aromatic N) is 3. The van der Waals surface area contributed by atoms with Crippen LogP contribution in [0.4, 0.5) is 0 Å². The van der Waals surface area contributed by atoms with Crippen LogP contribution in [0.15, 0.2) is 64.8 Å². The maximum atomic E-state index is 4.47. The van der Waals surface area contributed by atoms with Gasteiger partial charge in [0.25, 0.3) is 0 Å². The minimum Gasteiger partial charge on any atom is -0.452 e. The molecule has 0 atom stereocenters. The summed E-state index contributed by atoms with van der Waals surface area (Å²) in [5.74, 6) is 0. The van der Waals surface area contributed by atoms with Gasteiger partial charge in [0.05, 0.1) is 12.4 Å². The van der Waals surface area contributed by atoms with Gasteiger partial charge in [-0.1, -0.05) is 0 Å². The topological polar surface area (TPSA) is 80.7 Å². The molecule has 0 saturated heterocycles. The molecule has 3 aromatic heterocycles. The van der Waals surface area contributed by atoms with Crippen LogP contribution >= 0.6 is 0 Å². The van der Waals surface area contributed by atoms with E-state index < -0.39 is 0 Å². The predicted octanol–water partition coefficient (Wildman–Crippen LogP) is 1.76. The SMILES string of the molecule is c1cc[nH]c1.c1cocn1.c1conn1. The molecule has 6 nitrogen and oxygen atoms in total. The summed E-state index contributed by atoms with van der Waals surface area (Å²) in [4.78, 5) is 6.42. The highest BCUT2D eigenvalue weighted by molar-refractivity contribution is 4.84. The second-order valence-electron chi connectivity index (χ2n) is 2.15. The maximum absolute atomic E-state index is 4.47. The van der Waals surface area contributed by atoms with Crippen molar-refractivity contribution in [2.45, 2.75) is 0 Å². The molecule has 3 aromatic rings. The zero-order valence-electron chi connectivity index (χ0n) is 7.85. The first-order chi connectivity index (χ1) is 7.50. The largest absolute Gasteiger partial charge is 0.452 e. The van der Waals surface area contributed by atoms with Crippen molar-refractivity contribution < 1.29 is 8.94 Å². The van der Waals surface area contributed by atoms with Gasteiger partial charge in [-0.25, -0.2) is 4.98 Å². The first-order valence-corrected chi connectivity index (χ1v) is 4.11. The summed E-state index contributed by atoms with van der Waals surface area (Å²) in [7, 11) is 0. The van der Waals surface area contributed by atoms with Gasteiger partial charge in [-0.15, -0.1) is 5.10 Å². The number of aromatic amines is 1. The summed E-state index contributed by atoms with van der Waals surface area (Å²) >= 11 is 0. The fraction of sp³-hybridized carbons (Fsp3) is 0. The molecule has 0 saturated carbocycles. The van der Waals surface area contributed by atoms with E-state index >= 15 is 0 Å². The van der Waals surface area contributed by atoms with Gasteiger partial charge in [-0.3, -0.25) is 0 Å². The average Bonchev–Trinajstić information content (AvgIpc) is 3.09. The van der Waals surface area contributed by atoms with Crippen LogP contribution in [0.25, 0.3) is 0 Å². The molecule has 6 heteroatoms. The third-order valence-electron chi connectivity index (χ3n) is 1.13. The van der Waals surface area contributed by atoms with Gasteiger partial charge in [0.1, 0.15) is 12.5 Å². The monoisotopic (exact) mass is 206 g/mol. The zero-order valence-corrected chi connectivity index (χ0v) is 7.85.